The minimum absolute atomic E-state index is 0.126. The van der Waals surface area contributed by atoms with Crippen molar-refractivity contribution in [1.29, 1.82) is 0 Å². The minimum Gasteiger partial charge on any atom is -0.324 e. The van der Waals surface area contributed by atoms with E-state index in [9.17, 15) is 4.79 Å². The highest BCUT2D eigenvalue weighted by molar-refractivity contribution is 5.90. The van der Waals surface area contributed by atoms with Crippen LogP contribution in [0.15, 0.2) is 30.6 Å². The molecule has 0 aliphatic heterocycles. The van der Waals surface area contributed by atoms with Crippen molar-refractivity contribution in [2.24, 2.45) is 5.73 Å². The van der Waals surface area contributed by atoms with E-state index in [0.717, 1.165) is 11.3 Å². The molecule has 3 N–H and O–H groups in total. The van der Waals surface area contributed by atoms with Gasteiger partial charge in [-0.15, -0.1) is 0 Å². The highest BCUT2D eigenvalue weighted by atomic mass is 16.2. The molecule has 2 aromatic rings. The first-order chi connectivity index (χ1) is 8.67. The average molecular weight is 245 g/mol. The second kappa shape index (κ2) is 5.42. The lowest BCUT2D eigenvalue weighted by atomic mass is 10.2. The second-order valence-electron chi connectivity index (χ2n) is 3.98. The number of hydrogen-bond donors (Lipinski definition) is 2. The van der Waals surface area contributed by atoms with Gasteiger partial charge in [0.05, 0.1) is 6.54 Å². The van der Waals surface area contributed by atoms with Gasteiger partial charge in [0, 0.05) is 5.69 Å². The summed E-state index contributed by atoms with van der Waals surface area (Å²) in [5.74, 6) is 0.382. The van der Waals surface area contributed by atoms with Crippen LogP contribution in [0.5, 0.6) is 0 Å². The molecule has 0 spiro atoms. The van der Waals surface area contributed by atoms with Crippen LogP contribution in [0, 0.1) is 6.92 Å². The first kappa shape index (κ1) is 12.3. The Balaban J connectivity index is 1.96. The van der Waals surface area contributed by atoms with Gasteiger partial charge in [-0.3, -0.25) is 4.79 Å². The molecule has 0 aliphatic rings. The summed E-state index contributed by atoms with van der Waals surface area (Å²) >= 11 is 0. The van der Waals surface area contributed by atoms with Gasteiger partial charge in [0.1, 0.15) is 12.9 Å². The summed E-state index contributed by atoms with van der Waals surface area (Å²) in [6.45, 7) is 2.37. The number of nitrogens with two attached hydrogens (primary N) is 1. The second-order valence-corrected chi connectivity index (χ2v) is 3.98. The van der Waals surface area contributed by atoms with Gasteiger partial charge < -0.3 is 11.1 Å². The van der Waals surface area contributed by atoms with Gasteiger partial charge >= 0.3 is 0 Å². The highest BCUT2D eigenvalue weighted by Crippen LogP contribution is 2.09. The smallest absolute Gasteiger partial charge is 0.246 e. The molecule has 6 heteroatoms. The van der Waals surface area contributed by atoms with Crippen molar-refractivity contribution in [2.45, 2.75) is 20.0 Å². The van der Waals surface area contributed by atoms with Crippen molar-refractivity contribution in [3.63, 3.8) is 0 Å². The SMILES string of the molecule is Cc1cccc(NC(=O)Cn2cnc(CN)n2)c1. The highest BCUT2D eigenvalue weighted by Gasteiger charge is 2.05. The average Bonchev–Trinajstić information content (AvgIpc) is 2.76. The summed E-state index contributed by atoms with van der Waals surface area (Å²) in [7, 11) is 0. The van der Waals surface area contributed by atoms with E-state index in [1.165, 1.54) is 11.0 Å². The molecule has 1 aromatic heterocycles. The molecule has 0 unspecified atom stereocenters. The Hall–Kier alpha value is -2.21. The lowest BCUT2D eigenvalue weighted by molar-refractivity contribution is -0.116. The summed E-state index contributed by atoms with van der Waals surface area (Å²) < 4.78 is 1.47. The van der Waals surface area contributed by atoms with Gasteiger partial charge in [-0.05, 0) is 24.6 Å². The van der Waals surface area contributed by atoms with Crippen molar-refractivity contribution in [1.82, 2.24) is 14.8 Å². The van der Waals surface area contributed by atoms with Crippen molar-refractivity contribution in [2.75, 3.05) is 5.32 Å². The normalized spacial score (nSPS) is 10.3. The molecule has 0 bridgehead atoms. The molecule has 1 heterocycles. The van der Waals surface area contributed by atoms with Gasteiger partial charge in [-0.1, -0.05) is 12.1 Å². The van der Waals surface area contributed by atoms with Crippen LogP contribution in [-0.2, 0) is 17.9 Å². The topological polar surface area (TPSA) is 85.8 Å². The van der Waals surface area contributed by atoms with Crippen LogP contribution in [0.25, 0.3) is 0 Å². The Morgan fingerprint density at radius 3 is 3.00 bits per heavy atom. The number of aryl methyl sites for hydroxylation is 1. The van der Waals surface area contributed by atoms with E-state index in [1.54, 1.807) is 0 Å². The van der Waals surface area contributed by atoms with E-state index in [-0.39, 0.29) is 19.0 Å². The number of hydrogen-bond acceptors (Lipinski definition) is 4. The third-order valence-corrected chi connectivity index (χ3v) is 2.37. The zero-order valence-corrected chi connectivity index (χ0v) is 10.1. The van der Waals surface area contributed by atoms with Crippen LogP contribution >= 0.6 is 0 Å². The molecular formula is C12H15N5O. The van der Waals surface area contributed by atoms with E-state index in [0.29, 0.717) is 5.82 Å². The lowest BCUT2D eigenvalue weighted by Gasteiger charge is -2.05. The van der Waals surface area contributed by atoms with E-state index < -0.39 is 0 Å². The van der Waals surface area contributed by atoms with Crippen molar-refractivity contribution in [3.8, 4) is 0 Å². The van der Waals surface area contributed by atoms with E-state index in [2.05, 4.69) is 15.4 Å². The number of carbonyl (C=O) groups excluding carboxylic acids is 1. The third-order valence-electron chi connectivity index (χ3n) is 2.37. The summed E-state index contributed by atoms with van der Waals surface area (Å²) in [6, 6.07) is 7.62. The van der Waals surface area contributed by atoms with Gasteiger partial charge in [0.2, 0.25) is 5.91 Å². The molecule has 18 heavy (non-hydrogen) atoms. The van der Waals surface area contributed by atoms with Gasteiger partial charge in [0.25, 0.3) is 0 Å². The largest absolute Gasteiger partial charge is 0.324 e. The number of nitrogens with one attached hydrogen (secondary N) is 1. The maximum atomic E-state index is 11.8. The van der Waals surface area contributed by atoms with E-state index >= 15 is 0 Å². The number of amides is 1. The van der Waals surface area contributed by atoms with E-state index in [4.69, 9.17) is 5.73 Å². The van der Waals surface area contributed by atoms with Crippen LogP contribution in [0.4, 0.5) is 5.69 Å². The Labute approximate surface area is 105 Å². The number of carbonyl (C=O) groups is 1. The van der Waals surface area contributed by atoms with Gasteiger partial charge in [-0.25, -0.2) is 9.67 Å². The zero-order chi connectivity index (χ0) is 13.0. The fraction of sp³-hybridized carbons (Fsp3) is 0.250. The molecule has 0 saturated heterocycles. The van der Waals surface area contributed by atoms with Crippen molar-refractivity contribution >= 4 is 11.6 Å². The number of aromatic nitrogens is 3. The molecule has 1 amide bonds. The molecule has 0 aliphatic carbocycles. The number of rotatable bonds is 4. The molecule has 0 radical (unpaired) electrons. The Bertz CT molecular complexity index is 549. The Kier molecular flexibility index (Phi) is 3.69. The first-order valence-electron chi connectivity index (χ1n) is 5.62. The molecular weight excluding hydrogens is 230 g/mol. The molecule has 1 aromatic carbocycles. The van der Waals surface area contributed by atoms with Gasteiger partial charge in [-0.2, -0.15) is 5.10 Å². The fourth-order valence-electron chi connectivity index (χ4n) is 1.57. The first-order valence-corrected chi connectivity index (χ1v) is 5.62. The summed E-state index contributed by atoms with van der Waals surface area (Å²) in [6.07, 6.45) is 1.50. The maximum absolute atomic E-state index is 11.8. The molecule has 0 saturated carbocycles. The molecule has 0 fully saturated rings. The molecule has 0 atom stereocenters. The zero-order valence-electron chi connectivity index (χ0n) is 10.1. The number of anilines is 1. The minimum atomic E-state index is -0.144. The molecule has 6 nitrogen and oxygen atoms in total. The van der Waals surface area contributed by atoms with Crippen LogP contribution in [0.1, 0.15) is 11.4 Å². The Morgan fingerprint density at radius 2 is 2.33 bits per heavy atom. The Morgan fingerprint density at radius 1 is 1.50 bits per heavy atom. The standard InChI is InChI=1S/C12H15N5O/c1-9-3-2-4-10(5-9)15-12(18)7-17-8-14-11(6-13)16-17/h2-5,8H,6-7,13H2,1H3,(H,15,18). The summed E-state index contributed by atoms with van der Waals surface area (Å²) in [5.41, 5.74) is 7.27. The predicted octanol–water partition coefficient (Wildman–Crippen LogP) is 0.684. The van der Waals surface area contributed by atoms with Crippen LogP contribution in [-0.4, -0.2) is 20.7 Å². The quantitative estimate of drug-likeness (QED) is 0.829. The summed E-state index contributed by atoms with van der Waals surface area (Å²) in [5, 5.41) is 6.85. The molecule has 94 valence electrons. The van der Waals surface area contributed by atoms with Gasteiger partial charge in [0.15, 0.2) is 5.82 Å². The van der Waals surface area contributed by atoms with Crippen molar-refractivity contribution in [3.05, 3.63) is 42.0 Å². The fourth-order valence-corrected chi connectivity index (χ4v) is 1.57. The molecule has 2 rings (SSSR count). The van der Waals surface area contributed by atoms with Crippen molar-refractivity contribution < 1.29 is 4.79 Å². The number of nitrogens with zero attached hydrogens (tertiary/aromatic N) is 3. The number of benzene rings is 1. The summed E-state index contributed by atoms with van der Waals surface area (Å²) in [4.78, 5) is 15.7. The van der Waals surface area contributed by atoms with Crippen LogP contribution in [0.3, 0.4) is 0 Å². The third kappa shape index (κ3) is 3.14. The maximum Gasteiger partial charge on any atom is 0.246 e. The lowest BCUT2D eigenvalue weighted by Crippen LogP contribution is -2.19. The van der Waals surface area contributed by atoms with Crippen LogP contribution in [0.2, 0.25) is 0 Å². The monoisotopic (exact) mass is 245 g/mol. The van der Waals surface area contributed by atoms with E-state index in [1.807, 2.05) is 31.2 Å². The van der Waals surface area contributed by atoms with Crippen LogP contribution < -0.4 is 11.1 Å². The predicted molar refractivity (Wildman–Crippen MR) is 67.7 cm³/mol.